The third-order valence-corrected chi connectivity index (χ3v) is 4.17. The van der Waals surface area contributed by atoms with Crippen molar-refractivity contribution in [3.05, 3.63) is 88.4 Å². The number of nitrogens with one attached hydrogen (secondary N) is 1. The van der Waals surface area contributed by atoms with E-state index in [-0.39, 0.29) is 0 Å². The second kappa shape index (κ2) is 9.06. The smallest absolute Gasteiger partial charge is 0.125 e. The monoisotopic (exact) mass is 410 g/mol. The highest BCUT2D eigenvalue weighted by Crippen LogP contribution is 2.23. The minimum Gasteiger partial charge on any atom is -0.496 e. The molecule has 0 saturated carbocycles. The Hall–Kier alpha value is -2.79. The van der Waals surface area contributed by atoms with E-state index in [9.17, 15) is 0 Å². The molecule has 3 rings (SSSR count). The molecule has 5 heteroatoms. The molecule has 0 aliphatic rings. The first-order valence-corrected chi connectivity index (χ1v) is 8.93. The first-order valence-electron chi connectivity index (χ1n) is 8.14. The van der Waals surface area contributed by atoms with Crippen LogP contribution >= 0.6 is 15.9 Å². The van der Waals surface area contributed by atoms with Gasteiger partial charge in [0.2, 0.25) is 0 Å². The van der Waals surface area contributed by atoms with Gasteiger partial charge in [-0.25, -0.2) is 0 Å². The molecule has 1 N–H and O–H groups in total. The quantitative estimate of drug-likeness (QED) is 0.414. The fourth-order valence-electron chi connectivity index (χ4n) is 2.40. The number of hydrogen-bond acceptors (Lipinski definition) is 4. The van der Waals surface area contributed by atoms with Crippen LogP contribution in [0.1, 0.15) is 11.1 Å². The zero-order valence-corrected chi connectivity index (χ0v) is 15.9. The molecule has 0 spiro atoms. The Morgan fingerprint density at radius 3 is 2.62 bits per heavy atom. The lowest BCUT2D eigenvalue weighted by molar-refractivity contribution is 0.296. The summed E-state index contributed by atoms with van der Waals surface area (Å²) in [7, 11) is 1.66. The Bertz CT molecular complexity index is 882. The highest BCUT2D eigenvalue weighted by molar-refractivity contribution is 9.10. The number of ether oxygens (including phenoxy) is 2. The van der Waals surface area contributed by atoms with Gasteiger partial charge in [-0.2, -0.15) is 5.10 Å². The summed E-state index contributed by atoms with van der Waals surface area (Å²) in [5.41, 5.74) is 5.86. The Kier molecular flexibility index (Phi) is 6.28. The summed E-state index contributed by atoms with van der Waals surface area (Å²) in [5, 5.41) is 4.28. The van der Waals surface area contributed by atoms with Crippen molar-refractivity contribution in [2.24, 2.45) is 5.10 Å². The van der Waals surface area contributed by atoms with Crippen LogP contribution in [0.5, 0.6) is 11.5 Å². The summed E-state index contributed by atoms with van der Waals surface area (Å²) < 4.78 is 12.3. The van der Waals surface area contributed by atoms with Crippen LogP contribution in [0.25, 0.3) is 0 Å². The fraction of sp³-hybridized carbons (Fsp3) is 0.0952. The molecule has 4 nitrogen and oxygen atoms in total. The van der Waals surface area contributed by atoms with Crippen molar-refractivity contribution in [2.45, 2.75) is 6.61 Å². The van der Waals surface area contributed by atoms with Crippen molar-refractivity contribution in [1.29, 1.82) is 0 Å². The topological polar surface area (TPSA) is 42.8 Å². The van der Waals surface area contributed by atoms with Gasteiger partial charge in [-0.05, 0) is 54.1 Å². The molecular formula is C21H19BrN2O2. The van der Waals surface area contributed by atoms with Crippen LogP contribution in [0.2, 0.25) is 0 Å². The van der Waals surface area contributed by atoms with E-state index in [0.29, 0.717) is 6.61 Å². The fourth-order valence-corrected chi connectivity index (χ4v) is 2.78. The van der Waals surface area contributed by atoms with E-state index in [1.54, 1.807) is 13.3 Å². The second-order valence-electron chi connectivity index (χ2n) is 5.55. The molecule has 0 aromatic heterocycles. The highest BCUT2D eigenvalue weighted by atomic mass is 79.9. The molecule has 26 heavy (non-hydrogen) atoms. The lowest BCUT2D eigenvalue weighted by Gasteiger charge is -2.11. The molecule has 0 radical (unpaired) electrons. The summed E-state index contributed by atoms with van der Waals surface area (Å²) in [6.07, 6.45) is 1.77. The molecule has 0 heterocycles. The van der Waals surface area contributed by atoms with Gasteiger partial charge in [0.25, 0.3) is 0 Å². The zero-order valence-electron chi connectivity index (χ0n) is 14.4. The molecule has 0 unspecified atom stereocenters. The maximum Gasteiger partial charge on any atom is 0.125 e. The number of hydrazone groups is 1. The minimum absolute atomic E-state index is 0.410. The maximum absolute atomic E-state index is 5.87. The van der Waals surface area contributed by atoms with Crippen LogP contribution in [0, 0.1) is 0 Å². The van der Waals surface area contributed by atoms with Gasteiger partial charge in [-0.1, -0.05) is 40.2 Å². The number of hydrogen-bond donors (Lipinski definition) is 1. The average Bonchev–Trinajstić information content (AvgIpc) is 2.67. The lowest BCUT2D eigenvalue weighted by Crippen LogP contribution is -2.00. The number of halogens is 1. The van der Waals surface area contributed by atoms with Gasteiger partial charge in [-0.3, -0.25) is 5.43 Å². The molecule has 3 aromatic carbocycles. The van der Waals surface area contributed by atoms with Crippen LogP contribution < -0.4 is 14.9 Å². The summed E-state index contributed by atoms with van der Waals surface area (Å²) in [6.45, 7) is 0.410. The molecule has 3 aromatic rings. The SMILES string of the molecule is COc1ccc(C=NNc2ccccc2)cc1COc1cccc(Br)c1. The van der Waals surface area contributed by atoms with Crippen LogP contribution in [-0.4, -0.2) is 13.3 Å². The van der Waals surface area contributed by atoms with Gasteiger partial charge in [-0.15, -0.1) is 0 Å². The molecular weight excluding hydrogens is 392 g/mol. The van der Waals surface area contributed by atoms with E-state index < -0.39 is 0 Å². The molecule has 0 fully saturated rings. The number of para-hydroxylation sites is 1. The predicted octanol–water partition coefficient (Wildman–Crippen LogP) is 5.48. The van der Waals surface area contributed by atoms with Gasteiger partial charge in [0.1, 0.15) is 18.1 Å². The van der Waals surface area contributed by atoms with Crippen LogP contribution in [-0.2, 0) is 6.61 Å². The molecule has 132 valence electrons. The van der Waals surface area contributed by atoms with Crippen molar-refractivity contribution in [1.82, 2.24) is 0 Å². The van der Waals surface area contributed by atoms with Gasteiger partial charge in [0.15, 0.2) is 0 Å². The molecule has 0 aliphatic heterocycles. The van der Waals surface area contributed by atoms with E-state index in [2.05, 4.69) is 26.5 Å². The number of anilines is 1. The van der Waals surface area contributed by atoms with Crippen LogP contribution in [0.4, 0.5) is 5.69 Å². The Morgan fingerprint density at radius 1 is 1.00 bits per heavy atom. The predicted molar refractivity (Wildman–Crippen MR) is 109 cm³/mol. The van der Waals surface area contributed by atoms with Gasteiger partial charge in [0.05, 0.1) is 19.0 Å². The third kappa shape index (κ3) is 5.10. The van der Waals surface area contributed by atoms with Crippen molar-refractivity contribution >= 4 is 27.8 Å². The molecule has 0 saturated heterocycles. The van der Waals surface area contributed by atoms with Crippen molar-refractivity contribution < 1.29 is 9.47 Å². The normalized spacial score (nSPS) is 10.7. The molecule has 0 atom stereocenters. The Balaban J connectivity index is 1.69. The summed E-state index contributed by atoms with van der Waals surface area (Å²) in [4.78, 5) is 0. The highest BCUT2D eigenvalue weighted by Gasteiger charge is 2.05. The Labute approximate surface area is 161 Å². The van der Waals surface area contributed by atoms with E-state index in [4.69, 9.17) is 9.47 Å². The molecule has 0 bridgehead atoms. The number of methoxy groups -OCH3 is 1. The average molecular weight is 411 g/mol. The summed E-state index contributed by atoms with van der Waals surface area (Å²) >= 11 is 3.45. The summed E-state index contributed by atoms with van der Waals surface area (Å²) in [6, 6.07) is 23.5. The summed E-state index contributed by atoms with van der Waals surface area (Å²) in [5.74, 6) is 1.58. The van der Waals surface area contributed by atoms with Gasteiger partial charge < -0.3 is 9.47 Å². The van der Waals surface area contributed by atoms with E-state index in [1.165, 1.54) is 0 Å². The van der Waals surface area contributed by atoms with E-state index in [0.717, 1.165) is 32.8 Å². The van der Waals surface area contributed by atoms with E-state index >= 15 is 0 Å². The van der Waals surface area contributed by atoms with Crippen LogP contribution in [0.15, 0.2) is 82.4 Å². The second-order valence-corrected chi connectivity index (χ2v) is 6.47. The minimum atomic E-state index is 0.410. The molecule has 0 amide bonds. The number of nitrogens with zero attached hydrogens (tertiary/aromatic N) is 1. The van der Waals surface area contributed by atoms with E-state index in [1.807, 2.05) is 72.8 Å². The first kappa shape index (κ1) is 18.0. The maximum atomic E-state index is 5.87. The Morgan fingerprint density at radius 2 is 1.85 bits per heavy atom. The first-order chi connectivity index (χ1) is 12.7. The zero-order chi connectivity index (χ0) is 18.2. The van der Waals surface area contributed by atoms with Crippen molar-refractivity contribution in [3.63, 3.8) is 0 Å². The van der Waals surface area contributed by atoms with Gasteiger partial charge >= 0.3 is 0 Å². The number of rotatable bonds is 7. The third-order valence-electron chi connectivity index (χ3n) is 3.68. The molecule has 0 aliphatic carbocycles. The van der Waals surface area contributed by atoms with Crippen molar-refractivity contribution in [2.75, 3.05) is 12.5 Å². The lowest BCUT2D eigenvalue weighted by atomic mass is 10.1. The largest absolute Gasteiger partial charge is 0.496 e. The number of benzene rings is 3. The van der Waals surface area contributed by atoms with Crippen LogP contribution in [0.3, 0.4) is 0 Å². The van der Waals surface area contributed by atoms with Gasteiger partial charge in [0, 0.05) is 10.0 Å². The van der Waals surface area contributed by atoms with Crippen molar-refractivity contribution in [3.8, 4) is 11.5 Å². The standard InChI is InChI=1S/C21H19BrN2O2/c1-25-21-11-10-16(14-23-24-19-7-3-2-4-8-19)12-17(21)15-26-20-9-5-6-18(22)13-20/h2-14,24H,15H2,1H3.